The Bertz CT molecular complexity index is 971. The monoisotopic (exact) mass is 344 g/mol. The predicted molar refractivity (Wildman–Crippen MR) is 89.2 cm³/mol. The summed E-state index contributed by atoms with van der Waals surface area (Å²) in [5.41, 5.74) is 2.06. The van der Waals surface area contributed by atoms with E-state index in [0.717, 1.165) is 11.1 Å². The summed E-state index contributed by atoms with van der Waals surface area (Å²) in [6, 6.07) is 13.7. The third-order valence-corrected chi connectivity index (χ3v) is 4.19. The molecule has 0 unspecified atom stereocenters. The number of fused-ring (bicyclic) bond motifs is 1. The van der Waals surface area contributed by atoms with Crippen LogP contribution in [0.3, 0.4) is 0 Å². The van der Waals surface area contributed by atoms with Gasteiger partial charge in [0, 0.05) is 27.5 Å². The summed E-state index contributed by atoms with van der Waals surface area (Å²) in [4.78, 5) is 11.5. The molecule has 0 aliphatic heterocycles. The van der Waals surface area contributed by atoms with Crippen LogP contribution < -0.4 is 0 Å². The minimum atomic E-state index is -1.04. The molecular formula is C17H10Cl2N2O2. The lowest BCUT2D eigenvalue weighted by Crippen LogP contribution is -2.09. The first kappa shape index (κ1) is 15.4. The minimum absolute atomic E-state index is 0.131. The highest BCUT2D eigenvalue weighted by molar-refractivity contribution is 6.33. The zero-order valence-corrected chi connectivity index (χ0v) is 13.3. The average molecular weight is 345 g/mol. The van der Waals surface area contributed by atoms with Crippen molar-refractivity contribution in [3.63, 3.8) is 0 Å². The van der Waals surface area contributed by atoms with Crippen LogP contribution in [0.15, 0.2) is 42.5 Å². The third-order valence-electron chi connectivity index (χ3n) is 3.59. The van der Waals surface area contributed by atoms with Crippen LogP contribution in [0.1, 0.15) is 21.6 Å². The highest BCUT2D eigenvalue weighted by Crippen LogP contribution is 2.26. The van der Waals surface area contributed by atoms with Crippen LogP contribution in [0.5, 0.6) is 0 Å². The lowest BCUT2D eigenvalue weighted by atomic mass is 10.1. The van der Waals surface area contributed by atoms with Gasteiger partial charge in [-0.15, -0.1) is 0 Å². The molecule has 6 heteroatoms. The van der Waals surface area contributed by atoms with Crippen LogP contribution in [0.25, 0.3) is 10.9 Å². The van der Waals surface area contributed by atoms with Crippen molar-refractivity contribution in [1.82, 2.24) is 4.57 Å². The van der Waals surface area contributed by atoms with E-state index in [0.29, 0.717) is 21.0 Å². The molecule has 0 spiro atoms. The normalized spacial score (nSPS) is 10.7. The number of halogens is 2. The summed E-state index contributed by atoms with van der Waals surface area (Å²) in [6.45, 7) is 0.274. The average Bonchev–Trinajstić information content (AvgIpc) is 2.89. The number of nitriles is 1. The second-order valence-electron chi connectivity index (χ2n) is 5.04. The fourth-order valence-corrected chi connectivity index (χ4v) is 2.89. The van der Waals surface area contributed by atoms with Gasteiger partial charge in [-0.3, -0.25) is 0 Å². The van der Waals surface area contributed by atoms with Gasteiger partial charge in [-0.1, -0.05) is 23.2 Å². The molecule has 0 saturated carbocycles. The maximum atomic E-state index is 11.5. The highest BCUT2D eigenvalue weighted by Gasteiger charge is 2.16. The summed E-state index contributed by atoms with van der Waals surface area (Å²) < 4.78 is 1.65. The largest absolute Gasteiger partial charge is 0.477 e. The molecule has 2 aromatic carbocycles. The Morgan fingerprint density at radius 1 is 1.17 bits per heavy atom. The summed E-state index contributed by atoms with van der Waals surface area (Å²) in [5, 5.41) is 20.2. The second kappa shape index (κ2) is 5.96. The Hall–Kier alpha value is -2.48. The number of benzene rings is 2. The molecule has 4 nitrogen and oxygen atoms in total. The van der Waals surface area contributed by atoms with Gasteiger partial charge in [0.15, 0.2) is 0 Å². The lowest BCUT2D eigenvalue weighted by molar-refractivity contribution is 0.0686. The van der Waals surface area contributed by atoms with Crippen LogP contribution in [-0.2, 0) is 6.54 Å². The van der Waals surface area contributed by atoms with Crippen molar-refractivity contribution in [1.29, 1.82) is 5.26 Å². The van der Waals surface area contributed by atoms with Gasteiger partial charge in [-0.2, -0.15) is 5.26 Å². The van der Waals surface area contributed by atoms with Gasteiger partial charge < -0.3 is 9.67 Å². The molecule has 3 aromatic rings. The molecule has 3 rings (SSSR count). The SMILES string of the molecule is N#Cc1ccc2c(c1)cc(C(=O)O)n2Cc1cc(Cl)ccc1Cl. The van der Waals surface area contributed by atoms with Crippen molar-refractivity contribution >= 4 is 40.1 Å². The second-order valence-corrected chi connectivity index (χ2v) is 5.89. The minimum Gasteiger partial charge on any atom is -0.477 e. The molecule has 0 atom stereocenters. The molecule has 0 aliphatic carbocycles. The van der Waals surface area contributed by atoms with Crippen molar-refractivity contribution in [2.45, 2.75) is 6.54 Å². The summed E-state index contributed by atoms with van der Waals surface area (Å²) in [6.07, 6.45) is 0. The van der Waals surface area contributed by atoms with E-state index >= 15 is 0 Å². The Balaban J connectivity index is 2.19. The van der Waals surface area contributed by atoms with Gasteiger partial charge in [0.1, 0.15) is 5.69 Å². The smallest absolute Gasteiger partial charge is 0.352 e. The summed E-state index contributed by atoms with van der Waals surface area (Å²) in [5.74, 6) is -1.04. The molecular weight excluding hydrogens is 335 g/mol. The van der Waals surface area contributed by atoms with E-state index in [1.165, 1.54) is 0 Å². The van der Waals surface area contributed by atoms with E-state index in [1.807, 2.05) is 6.07 Å². The molecule has 23 heavy (non-hydrogen) atoms. The number of hydrogen-bond donors (Lipinski definition) is 1. The molecule has 0 amide bonds. The van der Waals surface area contributed by atoms with Crippen LogP contribution in [-0.4, -0.2) is 15.6 Å². The Kier molecular flexibility index (Phi) is 3.99. The van der Waals surface area contributed by atoms with Crippen molar-refractivity contribution in [3.8, 4) is 6.07 Å². The van der Waals surface area contributed by atoms with Gasteiger partial charge in [0.25, 0.3) is 0 Å². The standard InChI is InChI=1S/C17H10Cl2N2O2/c18-13-2-3-14(19)12(6-13)9-21-15-4-1-10(8-20)5-11(15)7-16(21)17(22)23/h1-7H,9H2,(H,22,23). The molecule has 0 saturated heterocycles. The third kappa shape index (κ3) is 2.89. The molecule has 114 valence electrons. The molecule has 0 aliphatic rings. The number of carboxylic acid groups (broad SMARTS) is 1. The van der Waals surface area contributed by atoms with Gasteiger partial charge >= 0.3 is 5.97 Å². The number of rotatable bonds is 3. The van der Waals surface area contributed by atoms with Crippen LogP contribution in [0.2, 0.25) is 10.0 Å². The predicted octanol–water partition coefficient (Wildman–Crippen LogP) is 4.57. The maximum absolute atomic E-state index is 11.5. The zero-order chi connectivity index (χ0) is 16.6. The topological polar surface area (TPSA) is 66.0 Å². The first-order valence-corrected chi connectivity index (χ1v) is 7.46. The van der Waals surface area contributed by atoms with Crippen LogP contribution in [0, 0.1) is 11.3 Å². The molecule has 0 bridgehead atoms. The maximum Gasteiger partial charge on any atom is 0.352 e. The molecule has 0 radical (unpaired) electrons. The van der Waals surface area contributed by atoms with Crippen molar-refractivity contribution in [2.24, 2.45) is 0 Å². The Labute approximate surface area is 142 Å². The number of nitrogens with zero attached hydrogens (tertiary/aromatic N) is 2. The zero-order valence-electron chi connectivity index (χ0n) is 11.8. The van der Waals surface area contributed by atoms with Gasteiger partial charge in [-0.05, 0) is 48.0 Å². The van der Waals surface area contributed by atoms with Crippen LogP contribution >= 0.6 is 23.2 Å². The van der Waals surface area contributed by atoms with Crippen molar-refractivity contribution in [2.75, 3.05) is 0 Å². The summed E-state index contributed by atoms with van der Waals surface area (Å²) >= 11 is 12.2. The van der Waals surface area contributed by atoms with E-state index < -0.39 is 5.97 Å². The number of hydrogen-bond acceptors (Lipinski definition) is 2. The quantitative estimate of drug-likeness (QED) is 0.756. The fourth-order valence-electron chi connectivity index (χ4n) is 2.52. The first-order valence-electron chi connectivity index (χ1n) is 6.70. The Morgan fingerprint density at radius 2 is 1.96 bits per heavy atom. The number of carboxylic acids is 1. The van der Waals surface area contributed by atoms with Gasteiger partial charge in [0.05, 0.1) is 11.6 Å². The molecule has 1 heterocycles. The van der Waals surface area contributed by atoms with E-state index in [9.17, 15) is 9.90 Å². The number of aromatic nitrogens is 1. The van der Waals surface area contributed by atoms with Crippen molar-refractivity contribution < 1.29 is 9.90 Å². The van der Waals surface area contributed by atoms with E-state index in [1.54, 1.807) is 47.0 Å². The van der Waals surface area contributed by atoms with Crippen LogP contribution in [0.4, 0.5) is 0 Å². The Morgan fingerprint density at radius 3 is 2.65 bits per heavy atom. The number of aromatic carboxylic acids is 1. The van der Waals surface area contributed by atoms with Gasteiger partial charge in [0.2, 0.25) is 0 Å². The lowest BCUT2D eigenvalue weighted by Gasteiger charge is -2.10. The first-order chi connectivity index (χ1) is 11.0. The van der Waals surface area contributed by atoms with E-state index in [4.69, 9.17) is 28.5 Å². The van der Waals surface area contributed by atoms with E-state index in [2.05, 4.69) is 0 Å². The highest BCUT2D eigenvalue weighted by atomic mass is 35.5. The fraction of sp³-hybridized carbons (Fsp3) is 0.0588. The van der Waals surface area contributed by atoms with Crippen molar-refractivity contribution in [3.05, 3.63) is 69.3 Å². The number of carbonyl (C=O) groups is 1. The molecule has 0 fully saturated rings. The van der Waals surface area contributed by atoms with E-state index in [-0.39, 0.29) is 12.2 Å². The summed E-state index contributed by atoms with van der Waals surface area (Å²) in [7, 11) is 0. The van der Waals surface area contributed by atoms with Gasteiger partial charge in [-0.25, -0.2) is 4.79 Å². The molecule has 1 aromatic heterocycles. The molecule has 1 N–H and O–H groups in total.